The maximum absolute atomic E-state index is 11.5. The number of benzene rings is 1. The Labute approximate surface area is 136 Å². The molecular formula is C16H20ClNO3S. The van der Waals surface area contributed by atoms with Gasteiger partial charge in [-0.15, -0.1) is 0 Å². The summed E-state index contributed by atoms with van der Waals surface area (Å²) < 4.78 is 28.8. The molecule has 4 nitrogen and oxygen atoms in total. The summed E-state index contributed by atoms with van der Waals surface area (Å²) in [5, 5.41) is 0.700. The molecule has 2 heterocycles. The summed E-state index contributed by atoms with van der Waals surface area (Å²) in [5.41, 5.74) is 2.19. The fraction of sp³-hybridized carbons (Fsp3) is 0.500. The van der Waals surface area contributed by atoms with Crippen LogP contribution in [0.25, 0.3) is 6.08 Å². The molecule has 1 saturated heterocycles. The molecule has 6 heteroatoms. The van der Waals surface area contributed by atoms with E-state index in [1.165, 1.54) is 5.57 Å². The maximum atomic E-state index is 11.5. The van der Waals surface area contributed by atoms with Crippen molar-refractivity contribution in [2.45, 2.75) is 18.9 Å². The van der Waals surface area contributed by atoms with Gasteiger partial charge < -0.3 is 4.74 Å². The van der Waals surface area contributed by atoms with E-state index in [9.17, 15) is 8.42 Å². The molecule has 3 rings (SSSR count). The summed E-state index contributed by atoms with van der Waals surface area (Å²) in [6.45, 7) is 1.36. The molecule has 0 radical (unpaired) electrons. The first-order valence-electron chi connectivity index (χ1n) is 7.45. The van der Waals surface area contributed by atoms with Crippen LogP contribution in [0.4, 0.5) is 0 Å². The van der Waals surface area contributed by atoms with Gasteiger partial charge in [-0.25, -0.2) is 8.42 Å². The molecule has 1 aromatic carbocycles. The number of nitrogens with zero attached hydrogens (tertiary/aromatic N) is 1. The van der Waals surface area contributed by atoms with E-state index >= 15 is 0 Å². The summed E-state index contributed by atoms with van der Waals surface area (Å²) in [6, 6.07) is 5.95. The van der Waals surface area contributed by atoms with Crippen molar-refractivity contribution in [3.8, 4) is 5.75 Å². The minimum Gasteiger partial charge on any atom is -0.489 e. The Bertz CT molecular complexity index is 685. The van der Waals surface area contributed by atoms with Gasteiger partial charge in [0.15, 0.2) is 0 Å². The number of hydrogen-bond acceptors (Lipinski definition) is 4. The van der Waals surface area contributed by atoms with Gasteiger partial charge in [0.2, 0.25) is 0 Å². The van der Waals surface area contributed by atoms with Crippen LogP contribution in [0.2, 0.25) is 5.02 Å². The first-order valence-corrected chi connectivity index (χ1v) is 9.65. The second kappa shape index (κ2) is 6.22. The highest BCUT2D eigenvalue weighted by Crippen LogP contribution is 2.29. The van der Waals surface area contributed by atoms with Crippen molar-refractivity contribution < 1.29 is 13.2 Å². The molecule has 0 bridgehead atoms. The van der Waals surface area contributed by atoms with E-state index in [0.29, 0.717) is 29.2 Å². The third-order valence-electron chi connectivity index (χ3n) is 4.34. The second-order valence-electron chi connectivity index (χ2n) is 6.07. The van der Waals surface area contributed by atoms with Gasteiger partial charge in [0.25, 0.3) is 0 Å². The Morgan fingerprint density at radius 2 is 2.05 bits per heavy atom. The monoisotopic (exact) mass is 341 g/mol. The van der Waals surface area contributed by atoms with E-state index in [4.69, 9.17) is 16.3 Å². The molecule has 1 aromatic rings. The van der Waals surface area contributed by atoms with Crippen molar-refractivity contribution >= 4 is 27.5 Å². The molecule has 0 atom stereocenters. The predicted octanol–water partition coefficient (Wildman–Crippen LogP) is 2.62. The number of halogens is 1. The molecule has 120 valence electrons. The van der Waals surface area contributed by atoms with E-state index in [1.54, 1.807) is 0 Å². The zero-order valence-corrected chi connectivity index (χ0v) is 14.2. The lowest BCUT2D eigenvalue weighted by molar-refractivity contribution is 0.232. The standard InChI is InChI=1S/C16H20ClNO3S/c1-18(15-4-6-22(19,20)7-5-15)10-12-8-13-9-14(17)2-3-16(13)21-11-12/h2-3,8-9,15H,4-7,10-11H2,1H3. The second-order valence-corrected chi connectivity index (χ2v) is 8.81. The molecule has 0 aromatic heterocycles. The Morgan fingerprint density at radius 1 is 1.32 bits per heavy atom. The number of rotatable bonds is 3. The molecule has 22 heavy (non-hydrogen) atoms. The van der Waals surface area contributed by atoms with Crippen molar-refractivity contribution in [1.82, 2.24) is 4.90 Å². The maximum Gasteiger partial charge on any atom is 0.150 e. The SMILES string of the molecule is CN(CC1=Cc2cc(Cl)ccc2OC1)C1CCS(=O)(=O)CC1. The lowest BCUT2D eigenvalue weighted by Gasteiger charge is -2.32. The normalized spacial score (nSPS) is 21.1. The van der Waals surface area contributed by atoms with Crippen LogP contribution in [-0.2, 0) is 9.84 Å². The van der Waals surface area contributed by atoms with Crippen LogP contribution in [-0.4, -0.2) is 51.1 Å². The van der Waals surface area contributed by atoms with Gasteiger partial charge >= 0.3 is 0 Å². The fourth-order valence-electron chi connectivity index (χ4n) is 3.05. The highest BCUT2D eigenvalue weighted by molar-refractivity contribution is 7.91. The van der Waals surface area contributed by atoms with Crippen molar-refractivity contribution in [1.29, 1.82) is 0 Å². The van der Waals surface area contributed by atoms with Gasteiger partial charge in [-0.05, 0) is 49.7 Å². The summed E-state index contributed by atoms with van der Waals surface area (Å²) >= 11 is 6.03. The third kappa shape index (κ3) is 3.65. The molecule has 1 fully saturated rings. The van der Waals surface area contributed by atoms with Crippen LogP contribution < -0.4 is 4.74 Å². The van der Waals surface area contributed by atoms with E-state index in [1.807, 2.05) is 18.2 Å². The molecule has 0 spiro atoms. The number of ether oxygens (including phenoxy) is 1. The van der Waals surface area contributed by atoms with Crippen molar-refractivity contribution in [2.75, 3.05) is 31.7 Å². The van der Waals surface area contributed by atoms with E-state index in [-0.39, 0.29) is 0 Å². The average Bonchev–Trinajstić information content (AvgIpc) is 2.46. The summed E-state index contributed by atoms with van der Waals surface area (Å²) in [6.07, 6.45) is 3.56. The van der Waals surface area contributed by atoms with Crippen LogP contribution in [0.1, 0.15) is 18.4 Å². The molecule has 2 aliphatic rings. The molecule has 0 amide bonds. The summed E-state index contributed by atoms with van der Waals surface area (Å²) in [5.74, 6) is 1.46. The number of hydrogen-bond donors (Lipinski definition) is 0. The summed E-state index contributed by atoms with van der Waals surface area (Å²) in [4.78, 5) is 2.24. The molecular weight excluding hydrogens is 322 g/mol. The Balaban J connectivity index is 1.66. The highest BCUT2D eigenvalue weighted by Gasteiger charge is 2.26. The molecule has 0 aliphatic carbocycles. The first kappa shape index (κ1) is 15.8. The largest absolute Gasteiger partial charge is 0.489 e. The average molecular weight is 342 g/mol. The van der Waals surface area contributed by atoms with E-state index in [0.717, 1.165) is 30.7 Å². The van der Waals surface area contributed by atoms with Crippen molar-refractivity contribution in [3.63, 3.8) is 0 Å². The molecule has 0 unspecified atom stereocenters. The van der Waals surface area contributed by atoms with Crippen LogP contribution >= 0.6 is 11.6 Å². The highest BCUT2D eigenvalue weighted by atomic mass is 35.5. The zero-order chi connectivity index (χ0) is 15.7. The van der Waals surface area contributed by atoms with Crippen molar-refractivity contribution in [3.05, 3.63) is 34.4 Å². The molecule has 0 saturated carbocycles. The number of fused-ring (bicyclic) bond motifs is 1. The van der Waals surface area contributed by atoms with Crippen molar-refractivity contribution in [2.24, 2.45) is 0 Å². The first-order chi connectivity index (χ1) is 10.4. The van der Waals surface area contributed by atoms with Gasteiger partial charge in [-0.3, -0.25) is 4.90 Å². The van der Waals surface area contributed by atoms with Crippen LogP contribution in [0.3, 0.4) is 0 Å². The number of likely N-dealkylation sites (N-methyl/N-ethyl adjacent to an activating group) is 1. The summed E-state index contributed by atoms with van der Waals surface area (Å²) in [7, 11) is -0.755. The van der Waals surface area contributed by atoms with Gasteiger partial charge in [0.1, 0.15) is 22.2 Å². The van der Waals surface area contributed by atoms with Gasteiger partial charge in [0.05, 0.1) is 11.5 Å². The van der Waals surface area contributed by atoms with Crippen LogP contribution in [0.15, 0.2) is 23.8 Å². The van der Waals surface area contributed by atoms with Crippen LogP contribution in [0, 0.1) is 0 Å². The van der Waals surface area contributed by atoms with E-state index < -0.39 is 9.84 Å². The van der Waals surface area contributed by atoms with E-state index in [2.05, 4.69) is 18.0 Å². The lowest BCUT2D eigenvalue weighted by Crippen LogP contribution is -2.40. The van der Waals surface area contributed by atoms with Gasteiger partial charge in [-0.2, -0.15) is 0 Å². The fourth-order valence-corrected chi connectivity index (χ4v) is 4.70. The number of sulfone groups is 1. The zero-order valence-electron chi connectivity index (χ0n) is 12.6. The molecule has 2 aliphatic heterocycles. The topological polar surface area (TPSA) is 46.6 Å². The minimum absolute atomic E-state index is 0.302. The van der Waals surface area contributed by atoms with Gasteiger partial charge in [0, 0.05) is 23.2 Å². The Kier molecular flexibility index (Phi) is 4.48. The Morgan fingerprint density at radius 3 is 2.77 bits per heavy atom. The smallest absolute Gasteiger partial charge is 0.150 e. The third-order valence-corrected chi connectivity index (χ3v) is 6.30. The Hall–Kier alpha value is -1.04. The van der Waals surface area contributed by atoms with Crippen LogP contribution in [0.5, 0.6) is 5.75 Å². The lowest BCUT2D eigenvalue weighted by atomic mass is 10.1. The molecule has 0 N–H and O–H groups in total. The van der Waals surface area contributed by atoms with Gasteiger partial charge in [-0.1, -0.05) is 11.6 Å². The quantitative estimate of drug-likeness (QED) is 0.848. The predicted molar refractivity (Wildman–Crippen MR) is 89.2 cm³/mol. The minimum atomic E-state index is -2.81.